The van der Waals surface area contributed by atoms with Gasteiger partial charge in [-0.1, -0.05) is 30.3 Å². The minimum atomic E-state index is 0.122. The molecule has 142 valence electrons. The first kappa shape index (κ1) is 18.1. The van der Waals surface area contributed by atoms with E-state index < -0.39 is 0 Å². The summed E-state index contributed by atoms with van der Waals surface area (Å²) in [7, 11) is 0. The highest BCUT2D eigenvalue weighted by Gasteiger charge is 2.35. The largest absolute Gasteiger partial charge is 0.372 e. The van der Waals surface area contributed by atoms with E-state index in [0.717, 1.165) is 31.7 Å². The molecule has 0 unspecified atom stereocenters. The molecule has 0 radical (unpaired) electrons. The molecule has 4 rings (SSSR count). The third-order valence-corrected chi connectivity index (χ3v) is 6.09. The molecule has 2 N–H and O–H groups in total. The number of hydrogen-bond donors (Lipinski definition) is 1. The van der Waals surface area contributed by atoms with Crippen LogP contribution in [0.4, 0.5) is 5.69 Å². The minimum Gasteiger partial charge on any atom is -0.372 e. The monoisotopic (exact) mass is 363 g/mol. The van der Waals surface area contributed by atoms with Crippen molar-refractivity contribution in [2.24, 2.45) is 11.7 Å². The Balaban J connectivity index is 1.46. The zero-order valence-corrected chi connectivity index (χ0v) is 15.9. The van der Waals surface area contributed by atoms with Crippen LogP contribution in [-0.2, 0) is 0 Å². The van der Waals surface area contributed by atoms with Gasteiger partial charge in [-0.2, -0.15) is 0 Å². The number of carbonyl (C=O) groups excluding carboxylic acids is 1. The number of nitrogens with zero attached hydrogens (tertiary/aromatic N) is 2. The third-order valence-electron chi connectivity index (χ3n) is 6.09. The first-order valence-corrected chi connectivity index (χ1v) is 10.2. The predicted octanol–water partition coefficient (Wildman–Crippen LogP) is 3.49. The normalized spacial score (nSPS) is 22.9. The van der Waals surface area contributed by atoms with E-state index in [4.69, 9.17) is 5.73 Å². The Hall–Kier alpha value is -2.33. The fraction of sp³-hybridized carbons (Fsp3) is 0.435. The lowest BCUT2D eigenvalue weighted by Gasteiger charge is -2.29. The Bertz CT molecular complexity index is 753. The summed E-state index contributed by atoms with van der Waals surface area (Å²) in [6, 6.07) is 18.6. The zero-order chi connectivity index (χ0) is 18.6. The van der Waals surface area contributed by atoms with Crippen LogP contribution in [0.15, 0.2) is 54.6 Å². The SMILES string of the molecule is NC[C@@H]1CN(C(=O)c2ccc(N3CCCCC3)cc2)C[C@H]1c1ccccc1. The minimum absolute atomic E-state index is 0.122. The van der Waals surface area contributed by atoms with E-state index in [1.807, 2.05) is 23.1 Å². The van der Waals surface area contributed by atoms with Crippen molar-refractivity contribution in [2.45, 2.75) is 25.2 Å². The van der Waals surface area contributed by atoms with Crippen LogP contribution < -0.4 is 10.6 Å². The second-order valence-corrected chi connectivity index (χ2v) is 7.82. The number of amides is 1. The summed E-state index contributed by atoms with van der Waals surface area (Å²) in [4.78, 5) is 17.4. The molecule has 0 saturated carbocycles. The first-order chi connectivity index (χ1) is 13.3. The van der Waals surface area contributed by atoms with Gasteiger partial charge in [0, 0.05) is 43.3 Å². The molecule has 2 fully saturated rings. The van der Waals surface area contributed by atoms with Gasteiger partial charge >= 0.3 is 0 Å². The van der Waals surface area contributed by atoms with Gasteiger partial charge in [-0.25, -0.2) is 0 Å². The van der Waals surface area contributed by atoms with Gasteiger partial charge in [-0.05, 0) is 61.6 Å². The summed E-state index contributed by atoms with van der Waals surface area (Å²) in [6.07, 6.45) is 3.85. The smallest absolute Gasteiger partial charge is 0.253 e. The van der Waals surface area contributed by atoms with Gasteiger partial charge in [0.2, 0.25) is 0 Å². The molecule has 2 aromatic carbocycles. The van der Waals surface area contributed by atoms with E-state index >= 15 is 0 Å². The Kier molecular flexibility index (Phi) is 5.44. The molecule has 2 atom stereocenters. The fourth-order valence-corrected chi connectivity index (χ4v) is 4.50. The molecule has 2 saturated heterocycles. The van der Waals surface area contributed by atoms with Crippen molar-refractivity contribution in [3.63, 3.8) is 0 Å². The van der Waals surface area contributed by atoms with Crippen LogP contribution in [-0.4, -0.2) is 43.5 Å². The zero-order valence-electron chi connectivity index (χ0n) is 15.9. The van der Waals surface area contributed by atoms with E-state index in [2.05, 4.69) is 41.3 Å². The van der Waals surface area contributed by atoms with E-state index in [9.17, 15) is 4.79 Å². The number of rotatable bonds is 4. The molecular weight excluding hydrogens is 334 g/mol. The van der Waals surface area contributed by atoms with Crippen molar-refractivity contribution in [1.82, 2.24) is 4.90 Å². The topological polar surface area (TPSA) is 49.6 Å². The Labute approximate surface area is 162 Å². The molecule has 1 amide bonds. The molecule has 4 heteroatoms. The van der Waals surface area contributed by atoms with Gasteiger partial charge < -0.3 is 15.5 Å². The van der Waals surface area contributed by atoms with Gasteiger partial charge in [0.1, 0.15) is 0 Å². The van der Waals surface area contributed by atoms with Gasteiger partial charge in [-0.3, -0.25) is 4.79 Å². The summed E-state index contributed by atoms with van der Waals surface area (Å²) in [5.74, 6) is 0.772. The Morgan fingerprint density at radius 1 is 0.926 bits per heavy atom. The maximum absolute atomic E-state index is 13.0. The van der Waals surface area contributed by atoms with Crippen molar-refractivity contribution >= 4 is 11.6 Å². The highest BCUT2D eigenvalue weighted by atomic mass is 16.2. The molecule has 2 aromatic rings. The molecule has 2 aliphatic heterocycles. The molecule has 0 spiro atoms. The number of likely N-dealkylation sites (tertiary alicyclic amines) is 1. The van der Waals surface area contributed by atoms with Gasteiger partial charge in [0.25, 0.3) is 5.91 Å². The number of carbonyl (C=O) groups is 1. The summed E-state index contributed by atoms with van der Waals surface area (Å²) in [6.45, 7) is 4.34. The van der Waals surface area contributed by atoms with Crippen LogP contribution in [0.25, 0.3) is 0 Å². The lowest BCUT2D eigenvalue weighted by atomic mass is 9.89. The van der Waals surface area contributed by atoms with E-state index in [0.29, 0.717) is 18.4 Å². The molecule has 2 heterocycles. The van der Waals surface area contributed by atoms with E-state index in [1.165, 1.54) is 30.5 Å². The van der Waals surface area contributed by atoms with Gasteiger partial charge in [-0.15, -0.1) is 0 Å². The average Bonchev–Trinajstić information content (AvgIpc) is 3.19. The van der Waals surface area contributed by atoms with E-state index in [1.54, 1.807) is 0 Å². The molecule has 27 heavy (non-hydrogen) atoms. The highest BCUT2D eigenvalue weighted by molar-refractivity contribution is 5.94. The summed E-state index contributed by atoms with van der Waals surface area (Å²) >= 11 is 0. The van der Waals surface area contributed by atoms with Crippen molar-refractivity contribution in [3.8, 4) is 0 Å². The second-order valence-electron chi connectivity index (χ2n) is 7.82. The van der Waals surface area contributed by atoms with Crippen molar-refractivity contribution in [2.75, 3.05) is 37.6 Å². The van der Waals surface area contributed by atoms with Crippen LogP contribution in [0.5, 0.6) is 0 Å². The average molecular weight is 364 g/mol. The molecule has 0 aliphatic carbocycles. The van der Waals surface area contributed by atoms with Gasteiger partial charge in [0.15, 0.2) is 0 Å². The van der Waals surface area contributed by atoms with Crippen molar-refractivity contribution < 1.29 is 4.79 Å². The third kappa shape index (κ3) is 3.86. The molecule has 0 aromatic heterocycles. The predicted molar refractivity (Wildman–Crippen MR) is 110 cm³/mol. The quantitative estimate of drug-likeness (QED) is 0.905. The summed E-state index contributed by atoms with van der Waals surface area (Å²) < 4.78 is 0. The highest BCUT2D eigenvalue weighted by Crippen LogP contribution is 2.33. The standard InChI is InChI=1S/C23H29N3O/c24-15-20-16-26(17-22(20)18-7-3-1-4-8-18)23(27)19-9-11-21(12-10-19)25-13-5-2-6-14-25/h1,3-4,7-12,20,22H,2,5-6,13-17,24H2/t20-,22+/m1/s1. The maximum Gasteiger partial charge on any atom is 0.253 e. The van der Waals surface area contributed by atoms with Crippen LogP contribution in [0.2, 0.25) is 0 Å². The lowest BCUT2D eigenvalue weighted by molar-refractivity contribution is 0.0786. The number of nitrogens with two attached hydrogens (primary N) is 1. The lowest BCUT2D eigenvalue weighted by Crippen LogP contribution is -2.30. The van der Waals surface area contributed by atoms with Crippen LogP contribution in [0, 0.1) is 5.92 Å². The van der Waals surface area contributed by atoms with Crippen molar-refractivity contribution in [1.29, 1.82) is 0 Å². The summed E-state index contributed by atoms with van der Waals surface area (Å²) in [5, 5.41) is 0. The maximum atomic E-state index is 13.0. The van der Waals surface area contributed by atoms with Gasteiger partial charge in [0.05, 0.1) is 0 Å². The first-order valence-electron chi connectivity index (χ1n) is 10.2. The number of piperidine rings is 1. The molecule has 4 nitrogen and oxygen atoms in total. The number of anilines is 1. The number of benzene rings is 2. The molecular formula is C23H29N3O. The van der Waals surface area contributed by atoms with Crippen molar-refractivity contribution in [3.05, 3.63) is 65.7 Å². The second kappa shape index (κ2) is 8.13. The van der Waals surface area contributed by atoms with Crippen LogP contribution in [0.1, 0.15) is 41.1 Å². The Morgan fingerprint density at radius 3 is 2.30 bits per heavy atom. The van der Waals surface area contributed by atoms with E-state index in [-0.39, 0.29) is 5.91 Å². The fourth-order valence-electron chi connectivity index (χ4n) is 4.50. The van der Waals surface area contributed by atoms with Crippen LogP contribution >= 0.6 is 0 Å². The van der Waals surface area contributed by atoms with Crippen LogP contribution in [0.3, 0.4) is 0 Å². The molecule has 0 bridgehead atoms. The Morgan fingerprint density at radius 2 is 1.63 bits per heavy atom. The molecule has 2 aliphatic rings. The number of hydrogen-bond acceptors (Lipinski definition) is 3. The summed E-state index contributed by atoms with van der Waals surface area (Å²) in [5.41, 5.74) is 9.31.